The quantitative estimate of drug-likeness (QED) is 0.117. The van der Waals surface area contributed by atoms with Crippen LogP contribution in [0.2, 0.25) is 0 Å². The average Bonchev–Trinajstić information content (AvgIpc) is 3.36. The van der Waals surface area contributed by atoms with Gasteiger partial charge in [0.2, 0.25) is 23.6 Å². The zero-order valence-corrected chi connectivity index (χ0v) is 25.9. The Morgan fingerprint density at radius 3 is 2.28 bits per heavy atom. The molecule has 14 heteroatoms. The molecule has 43 heavy (non-hydrogen) atoms. The van der Waals surface area contributed by atoms with Gasteiger partial charge in [0.05, 0.1) is 12.5 Å². The number of carbonyl (C=O) groups is 5. The Morgan fingerprint density at radius 2 is 1.60 bits per heavy atom. The first-order valence-electron chi connectivity index (χ1n) is 13.4. The highest BCUT2D eigenvalue weighted by molar-refractivity contribution is 9.10. The highest BCUT2D eigenvalue weighted by Crippen LogP contribution is 2.19. The molecule has 3 rings (SSSR count). The van der Waals surface area contributed by atoms with Crippen molar-refractivity contribution >= 4 is 68.2 Å². The minimum Gasteiger partial charge on any atom is -0.481 e. The van der Waals surface area contributed by atoms with Crippen molar-refractivity contribution in [1.82, 2.24) is 20.9 Å². The summed E-state index contributed by atoms with van der Waals surface area (Å²) in [5.41, 5.74) is 14.1. The molecule has 0 aliphatic carbocycles. The van der Waals surface area contributed by atoms with Crippen LogP contribution in [-0.2, 0) is 36.8 Å². The van der Waals surface area contributed by atoms with Crippen molar-refractivity contribution in [1.29, 1.82) is 0 Å². The second-order valence-corrected chi connectivity index (χ2v) is 11.9. The molecule has 3 aromatic rings. The van der Waals surface area contributed by atoms with Crippen LogP contribution in [0.1, 0.15) is 24.0 Å². The lowest BCUT2D eigenvalue weighted by Gasteiger charge is -2.25. The topological polar surface area (TPSA) is 209 Å². The smallest absolute Gasteiger partial charge is 0.305 e. The summed E-state index contributed by atoms with van der Waals surface area (Å²) in [7, 11) is 0. The number of aliphatic carboxylic acids is 1. The van der Waals surface area contributed by atoms with E-state index in [2.05, 4.69) is 36.9 Å². The molecule has 0 bridgehead atoms. The van der Waals surface area contributed by atoms with E-state index in [9.17, 15) is 29.1 Å². The van der Waals surface area contributed by atoms with Gasteiger partial charge in [-0.1, -0.05) is 46.3 Å². The van der Waals surface area contributed by atoms with Crippen molar-refractivity contribution in [2.45, 2.75) is 49.9 Å². The number of rotatable bonds is 16. The Hall–Kier alpha value is -3.88. The third-order valence-electron chi connectivity index (χ3n) is 6.70. The number of carboxylic acids is 1. The number of primary amides is 1. The van der Waals surface area contributed by atoms with E-state index in [0.717, 1.165) is 20.9 Å². The number of halogens is 1. The monoisotopic (exact) mass is 674 g/mol. The summed E-state index contributed by atoms with van der Waals surface area (Å²) in [6, 6.07) is 9.85. The Morgan fingerprint density at radius 1 is 0.930 bits per heavy atom. The fourth-order valence-corrected chi connectivity index (χ4v) is 5.38. The summed E-state index contributed by atoms with van der Waals surface area (Å²) in [6.45, 7) is 0. The van der Waals surface area contributed by atoms with Crippen LogP contribution in [0.3, 0.4) is 0 Å². The molecule has 1 unspecified atom stereocenters. The van der Waals surface area contributed by atoms with Crippen LogP contribution < -0.4 is 27.4 Å². The van der Waals surface area contributed by atoms with Gasteiger partial charge in [0.25, 0.3) is 0 Å². The van der Waals surface area contributed by atoms with Crippen LogP contribution in [0.5, 0.6) is 0 Å². The van der Waals surface area contributed by atoms with E-state index < -0.39 is 60.2 Å². The van der Waals surface area contributed by atoms with Crippen LogP contribution in [0.25, 0.3) is 10.9 Å². The first-order chi connectivity index (χ1) is 20.5. The highest BCUT2D eigenvalue weighted by Gasteiger charge is 2.31. The summed E-state index contributed by atoms with van der Waals surface area (Å²) >= 11 is 4.78. The summed E-state index contributed by atoms with van der Waals surface area (Å²) in [5.74, 6) is -3.93. The third kappa shape index (κ3) is 10.1. The van der Waals surface area contributed by atoms with Gasteiger partial charge in [-0.2, -0.15) is 11.8 Å². The Kier molecular flexibility index (Phi) is 12.6. The molecule has 0 radical (unpaired) electrons. The number of nitrogens with two attached hydrogens (primary N) is 2. The van der Waals surface area contributed by atoms with Crippen molar-refractivity contribution < 1.29 is 29.1 Å². The third-order valence-corrected chi connectivity index (χ3v) is 7.83. The van der Waals surface area contributed by atoms with Crippen LogP contribution in [-0.4, -0.2) is 75.9 Å². The number of aromatic amines is 1. The van der Waals surface area contributed by atoms with Gasteiger partial charge in [-0.15, -0.1) is 0 Å². The summed E-state index contributed by atoms with van der Waals surface area (Å²) < 4.78 is 0.759. The van der Waals surface area contributed by atoms with Crippen molar-refractivity contribution in [3.63, 3.8) is 0 Å². The fourth-order valence-electron chi connectivity index (χ4n) is 4.46. The number of nitrogens with one attached hydrogen (secondary N) is 4. The van der Waals surface area contributed by atoms with Gasteiger partial charge in [-0.05, 0) is 54.2 Å². The minimum atomic E-state index is -1.54. The lowest BCUT2D eigenvalue weighted by molar-refractivity contribution is -0.141. The number of H-pyrrole nitrogens is 1. The number of hydrogen-bond acceptors (Lipinski definition) is 7. The lowest BCUT2D eigenvalue weighted by atomic mass is 10.0. The zero-order chi connectivity index (χ0) is 31.5. The summed E-state index contributed by atoms with van der Waals surface area (Å²) in [4.78, 5) is 66.3. The molecule has 1 aromatic heterocycles. The lowest BCUT2D eigenvalue weighted by Crippen LogP contribution is -2.58. The molecule has 0 spiro atoms. The molecule has 0 fully saturated rings. The van der Waals surface area contributed by atoms with Crippen molar-refractivity contribution in [3.05, 3.63) is 70.3 Å². The molecular weight excluding hydrogens is 640 g/mol. The number of carboxylic acid groups (broad SMARTS) is 1. The number of carbonyl (C=O) groups excluding carboxylic acids is 4. The molecule has 4 atom stereocenters. The number of amides is 4. The second-order valence-electron chi connectivity index (χ2n) is 9.97. The molecule has 12 nitrogen and oxygen atoms in total. The number of hydrogen-bond donors (Lipinski definition) is 7. The number of para-hydroxylation sites is 1. The van der Waals surface area contributed by atoms with Gasteiger partial charge in [0.15, 0.2) is 0 Å². The van der Waals surface area contributed by atoms with E-state index in [0.29, 0.717) is 11.3 Å². The van der Waals surface area contributed by atoms with Crippen molar-refractivity contribution in [2.75, 3.05) is 12.0 Å². The summed E-state index contributed by atoms with van der Waals surface area (Å²) in [6.07, 6.45) is 3.31. The van der Waals surface area contributed by atoms with E-state index in [1.165, 1.54) is 11.8 Å². The Balaban J connectivity index is 1.70. The molecule has 1 heterocycles. The second kappa shape index (κ2) is 16.1. The molecule has 0 saturated heterocycles. The molecule has 0 aliphatic rings. The fraction of sp³-hybridized carbons (Fsp3) is 0.345. The largest absolute Gasteiger partial charge is 0.481 e. The molecule has 4 amide bonds. The average molecular weight is 676 g/mol. The predicted molar refractivity (Wildman–Crippen MR) is 168 cm³/mol. The molecule has 0 aliphatic heterocycles. The maximum absolute atomic E-state index is 13.3. The van der Waals surface area contributed by atoms with Gasteiger partial charge in [0.1, 0.15) is 18.1 Å². The minimum absolute atomic E-state index is 0.0506. The van der Waals surface area contributed by atoms with Crippen LogP contribution in [0, 0.1) is 0 Å². The van der Waals surface area contributed by atoms with Gasteiger partial charge in [0, 0.05) is 28.0 Å². The molecule has 2 aromatic carbocycles. The number of fused-ring (bicyclic) bond motifs is 1. The van der Waals surface area contributed by atoms with Gasteiger partial charge >= 0.3 is 5.97 Å². The Labute approximate surface area is 261 Å². The van der Waals surface area contributed by atoms with Crippen LogP contribution in [0.4, 0.5) is 0 Å². The van der Waals surface area contributed by atoms with E-state index in [1.807, 2.05) is 30.5 Å². The van der Waals surface area contributed by atoms with Crippen molar-refractivity contribution in [2.24, 2.45) is 11.5 Å². The predicted octanol–water partition coefficient (Wildman–Crippen LogP) is 1.21. The zero-order valence-electron chi connectivity index (χ0n) is 23.5. The van der Waals surface area contributed by atoms with Crippen LogP contribution in [0.15, 0.2) is 59.2 Å². The van der Waals surface area contributed by atoms with E-state index in [1.54, 1.807) is 30.5 Å². The normalized spacial score (nSPS) is 13.8. The van der Waals surface area contributed by atoms with E-state index >= 15 is 0 Å². The molecule has 230 valence electrons. The first-order valence-corrected chi connectivity index (χ1v) is 15.6. The number of benzene rings is 2. The van der Waals surface area contributed by atoms with Gasteiger partial charge in [-0.3, -0.25) is 24.0 Å². The highest BCUT2D eigenvalue weighted by atomic mass is 79.9. The molecule has 9 N–H and O–H groups in total. The SMILES string of the molecule is CSCCC(NC(=O)[C@H](N)Cc1c[nH]c2ccccc12)C(=O)N[C@@H](CC(=O)O)C(=O)N[C@@H](Cc1cccc(Br)c1)C(N)=O. The standard InChI is InChI=1S/C29H35BrN6O6S/c1-43-10-9-22(34-27(40)20(31)13-17-15-33-21-8-3-2-7-19(17)21)28(41)36-24(14-25(37)38)29(42)35-23(26(32)39)12-16-5-4-6-18(30)11-16/h2-8,11,15,20,22-24,33H,9-10,12-14,31H2,1H3,(H2,32,39)(H,34,40)(H,35,42)(H,36,41)(H,37,38)/t20-,22?,23+,24+/m1/s1. The number of thioether (sulfide) groups is 1. The maximum atomic E-state index is 13.3. The first kappa shape index (κ1) is 33.6. The van der Waals surface area contributed by atoms with E-state index in [4.69, 9.17) is 11.5 Å². The van der Waals surface area contributed by atoms with Crippen LogP contribution >= 0.6 is 27.7 Å². The maximum Gasteiger partial charge on any atom is 0.305 e. The van der Waals surface area contributed by atoms with Gasteiger partial charge in [-0.25, -0.2) is 0 Å². The Bertz CT molecular complexity index is 1470. The van der Waals surface area contributed by atoms with Crippen molar-refractivity contribution in [3.8, 4) is 0 Å². The van der Waals surface area contributed by atoms with Gasteiger partial charge < -0.3 is 37.5 Å². The molecule has 0 saturated carbocycles. The number of aromatic nitrogens is 1. The molecular formula is C29H35BrN6O6S. The summed E-state index contributed by atoms with van der Waals surface area (Å²) in [5, 5.41) is 17.9. The van der Waals surface area contributed by atoms with E-state index in [-0.39, 0.29) is 19.3 Å².